The lowest BCUT2D eigenvalue weighted by Gasteiger charge is -2.36. The predicted molar refractivity (Wildman–Crippen MR) is 72.5 cm³/mol. The largest absolute Gasteiger partial charge is 0.381 e. The van der Waals surface area contributed by atoms with Gasteiger partial charge in [0.05, 0.1) is 6.04 Å². The highest BCUT2D eigenvalue weighted by Gasteiger charge is 2.26. The molecule has 1 atom stereocenters. The molecule has 2 N–H and O–H groups in total. The fourth-order valence-electron chi connectivity index (χ4n) is 2.53. The summed E-state index contributed by atoms with van der Waals surface area (Å²) in [5.41, 5.74) is 7.34. The van der Waals surface area contributed by atoms with Gasteiger partial charge in [0.15, 0.2) is 0 Å². The Morgan fingerprint density at radius 1 is 1.53 bits per heavy atom. The molecule has 1 aromatic heterocycles. The van der Waals surface area contributed by atoms with E-state index in [0.717, 1.165) is 26.1 Å². The molecule has 1 aliphatic rings. The number of hydrogen-bond acceptors (Lipinski definition) is 4. The summed E-state index contributed by atoms with van der Waals surface area (Å²) in [5, 5.41) is 2.16. The number of likely N-dealkylation sites (N-methyl/N-ethyl adjacent to an activating group) is 1. The minimum Gasteiger partial charge on any atom is -0.381 e. The average Bonchev–Trinajstić information content (AvgIpc) is 2.78. The van der Waals surface area contributed by atoms with Gasteiger partial charge in [-0.15, -0.1) is 11.3 Å². The number of nitrogens with zero attached hydrogens (tertiary/aromatic N) is 1. The van der Waals surface area contributed by atoms with E-state index >= 15 is 0 Å². The van der Waals surface area contributed by atoms with E-state index in [1.165, 1.54) is 10.4 Å². The van der Waals surface area contributed by atoms with E-state index in [4.69, 9.17) is 10.5 Å². The molecule has 1 aliphatic heterocycles. The maximum atomic E-state index is 5.97. The molecule has 1 fully saturated rings. The molecule has 1 unspecified atom stereocenters. The molecule has 0 radical (unpaired) electrons. The second kappa shape index (κ2) is 5.96. The summed E-state index contributed by atoms with van der Waals surface area (Å²) in [6.07, 6.45) is 2.24. The van der Waals surface area contributed by atoms with Crippen molar-refractivity contribution >= 4 is 11.3 Å². The van der Waals surface area contributed by atoms with Crippen molar-refractivity contribution in [2.24, 2.45) is 5.73 Å². The van der Waals surface area contributed by atoms with E-state index in [1.54, 1.807) is 0 Å². The lowest BCUT2D eigenvalue weighted by Crippen LogP contribution is -2.41. The van der Waals surface area contributed by atoms with Crippen LogP contribution in [0.25, 0.3) is 0 Å². The highest BCUT2D eigenvalue weighted by atomic mass is 32.1. The van der Waals surface area contributed by atoms with Crippen LogP contribution in [0.15, 0.2) is 11.4 Å². The van der Waals surface area contributed by atoms with E-state index < -0.39 is 0 Å². The van der Waals surface area contributed by atoms with Crippen molar-refractivity contribution < 1.29 is 4.74 Å². The van der Waals surface area contributed by atoms with Crippen LogP contribution in [0, 0.1) is 6.92 Å². The molecule has 0 spiro atoms. The highest BCUT2D eigenvalue weighted by molar-refractivity contribution is 7.10. The van der Waals surface area contributed by atoms with Crippen LogP contribution in [-0.2, 0) is 4.74 Å². The van der Waals surface area contributed by atoms with E-state index in [9.17, 15) is 0 Å². The fraction of sp³-hybridized carbons (Fsp3) is 0.692. The number of thiophene rings is 1. The van der Waals surface area contributed by atoms with Crippen molar-refractivity contribution in [1.82, 2.24) is 4.90 Å². The Morgan fingerprint density at radius 2 is 2.24 bits per heavy atom. The monoisotopic (exact) mass is 254 g/mol. The van der Waals surface area contributed by atoms with Gasteiger partial charge in [0.1, 0.15) is 0 Å². The molecule has 0 bridgehead atoms. The third kappa shape index (κ3) is 2.88. The number of ether oxygens (including phenoxy) is 1. The van der Waals surface area contributed by atoms with E-state index in [1.807, 2.05) is 11.3 Å². The van der Waals surface area contributed by atoms with Gasteiger partial charge in [-0.1, -0.05) is 0 Å². The Kier molecular flexibility index (Phi) is 4.56. The van der Waals surface area contributed by atoms with Crippen LogP contribution in [-0.4, -0.2) is 37.7 Å². The van der Waals surface area contributed by atoms with Gasteiger partial charge in [-0.05, 0) is 43.8 Å². The van der Waals surface area contributed by atoms with Gasteiger partial charge in [0.25, 0.3) is 0 Å². The zero-order chi connectivity index (χ0) is 12.3. The third-order valence-corrected chi connectivity index (χ3v) is 4.81. The van der Waals surface area contributed by atoms with Gasteiger partial charge in [0, 0.05) is 30.7 Å². The molecule has 1 aromatic rings. The minimum absolute atomic E-state index is 0.359. The van der Waals surface area contributed by atoms with Crippen molar-refractivity contribution in [3.05, 3.63) is 21.9 Å². The Hall–Kier alpha value is -0.420. The number of rotatable bonds is 4. The molecule has 17 heavy (non-hydrogen) atoms. The van der Waals surface area contributed by atoms with Gasteiger partial charge in [0.2, 0.25) is 0 Å². The predicted octanol–water partition coefficient (Wildman–Crippen LogP) is 2.17. The summed E-state index contributed by atoms with van der Waals surface area (Å²) in [5.74, 6) is 0. The molecule has 0 aliphatic carbocycles. The zero-order valence-corrected chi connectivity index (χ0v) is 11.5. The second-order valence-corrected chi connectivity index (χ2v) is 5.68. The van der Waals surface area contributed by atoms with Gasteiger partial charge >= 0.3 is 0 Å². The molecule has 4 heteroatoms. The lowest BCUT2D eigenvalue weighted by molar-refractivity contribution is 0.0298. The first-order valence-corrected chi connectivity index (χ1v) is 7.15. The lowest BCUT2D eigenvalue weighted by atomic mass is 10.0. The van der Waals surface area contributed by atoms with Crippen LogP contribution in [0.2, 0.25) is 0 Å². The van der Waals surface area contributed by atoms with Crippen molar-refractivity contribution in [3.8, 4) is 0 Å². The van der Waals surface area contributed by atoms with Gasteiger partial charge in [-0.25, -0.2) is 0 Å². The first-order valence-electron chi connectivity index (χ1n) is 6.27. The van der Waals surface area contributed by atoms with Crippen molar-refractivity contribution in [2.45, 2.75) is 31.8 Å². The van der Waals surface area contributed by atoms with Gasteiger partial charge < -0.3 is 10.5 Å². The summed E-state index contributed by atoms with van der Waals surface area (Å²) in [7, 11) is 2.20. The third-order valence-electron chi connectivity index (χ3n) is 3.69. The van der Waals surface area contributed by atoms with E-state index in [0.29, 0.717) is 18.6 Å². The van der Waals surface area contributed by atoms with Crippen molar-refractivity contribution in [3.63, 3.8) is 0 Å². The Labute approximate surface area is 108 Å². The first-order chi connectivity index (χ1) is 8.24. The van der Waals surface area contributed by atoms with Crippen LogP contribution >= 0.6 is 11.3 Å². The van der Waals surface area contributed by atoms with Crippen LogP contribution in [0.4, 0.5) is 0 Å². The summed E-state index contributed by atoms with van der Waals surface area (Å²) < 4.78 is 5.42. The van der Waals surface area contributed by atoms with Crippen LogP contribution in [0.1, 0.15) is 29.3 Å². The van der Waals surface area contributed by atoms with Crippen LogP contribution < -0.4 is 5.73 Å². The molecule has 3 nitrogen and oxygen atoms in total. The molecular formula is C13H22N2OS. The summed E-state index contributed by atoms with van der Waals surface area (Å²) in [6.45, 7) is 4.63. The number of nitrogens with two attached hydrogens (primary N) is 1. The van der Waals surface area contributed by atoms with E-state index in [-0.39, 0.29) is 0 Å². The van der Waals surface area contributed by atoms with Crippen molar-refractivity contribution in [2.75, 3.05) is 26.8 Å². The maximum absolute atomic E-state index is 5.97. The van der Waals surface area contributed by atoms with Gasteiger partial charge in [-0.2, -0.15) is 0 Å². The van der Waals surface area contributed by atoms with Crippen LogP contribution in [0.5, 0.6) is 0 Å². The van der Waals surface area contributed by atoms with Crippen LogP contribution in [0.3, 0.4) is 0 Å². The molecule has 0 saturated carbocycles. The summed E-state index contributed by atoms with van der Waals surface area (Å²) in [6, 6.07) is 3.15. The molecule has 0 aromatic carbocycles. The molecular weight excluding hydrogens is 232 g/mol. The van der Waals surface area contributed by atoms with E-state index in [2.05, 4.69) is 30.3 Å². The normalized spacial score (nSPS) is 19.8. The fourth-order valence-corrected chi connectivity index (χ4v) is 3.62. The van der Waals surface area contributed by atoms with Gasteiger partial charge in [-0.3, -0.25) is 4.90 Å². The quantitative estimate of drug-likeness (QED) is 0.895. The summed E-state index contributed by atoms with van der Waals surface area (Å²) in [4.78, 5) is 3.86. The second-order valence-electron chi connectivity index (χ2n) is 4.73. The minimum atomic E-state index is 0.359. The Bertz CT molecular complexity index is 347. The average molecular weight is 254 g/mol. The Morgan fingerprint density at radius 3 is 2.76 bits per heavy atom. The standard InChI is InChI=1S/C13H22N2OS/c1-10-5-8-17-13(10)12(9-14)15(2)11-3-6-16-7-4-11/h5,8,11-12H,3-4,6-7,9,14H2,1-2H3. The zero-order valence-electron chi connectivity index (χ0n) is 10.7. The SMILES string of the molecule is Cc1ccsc1C(CN)N(C)C1CCOCC1. The molecule has 0 amide bonds. The van der Waals surface area contributed by atoms with Crippen molar-refractivity contribution in [1.29, 1.82) is 0 Å². The molecule has 2 rings (SSSR count). The number of hydrogen-bond donors (Lipinski definition) is 1. The topological polar surface area (TPSA) is 38.5 Å². The smallest absolute Gasteiger partial charge is 0.0566 e. The molecule has 96 valence electrons. The number of aryl methyl sites for hydroxylation is 1. The molecule has 1 saturated heterocycles. The first kappa shape index (κ1) is 13.0. The maximum Gasteiger partial charge on any atom is 0.0566 e. The highest BCUT2D eigenvalue weighted by Crippen LogP contribution is 2.30. The molecule has 2 heterocycles. The summed E-state index contributed by atoms with van der Waals surface area (Å²) >= 11 is 1.82. The Balaban J connectivity index is 2.09.